The fourth-order valence-electron chi connectivity index (χ4n) is 6.05. The van der Waals surface area contributed by atoms with Crippen LogP contribution in [0.5, 0.6) is 0 Å². The smallest absolute Gasteiger partial charge is 0.387 e. The number of urea groups is 1. The van der Waals surface area contributed by atoms with Crippen molar-refractivity contribution >= 4 is 70.2 Å². The molecular formula is C26H41N8O17P3S. The van der Waals surface area contributed by atoms with Gasteiger partial charge in [-0.1, -0.05) is 12.8 Å². The van der Waals surface area contributed by atoms with Crippen LogP contribution in [0.3, 0.4) is 0 Å². The van der Waals surface area contributed by atoms with Crippen molar-refractivity contribution in [2.45, 2.75) is 93.2 Å². The van der Waals surface area contributed by atoms with Gasteiger partial charge in [-0.3, -0.25) is 33.4 Å². The van der Waals surface area contributed by atoms with Gasteiger partial charge >= 0.3 is 35.5 Å². The molecule has 308 valence electrons. The van der Waals surface area contributed by atoms with Gasteiger partial charge in [0.25, 0.3) is 5.56 Å². The number of phosphoric acid groups is 3. The molecule has 5 rings (SSSR count). The molecule has 2 aromatic rings. The lowest BCUT2D eigenvalue weighted by atomic mass is 10.0. The van der Waals surface area contributed by atoms with Crippen LogP contribution in [0.25, 0.3) is 11.2 Å². The number of fused-ring (bicyclic) bond motifs is 2. The number of nitrogens with zero attached hydrogens (tertiary/aromatic N) is 3. The third-order valence-electron chi connectivity index (χ3n) is 8.55. The van der Waals surface area contributed by atoms with E-state index in [2.05, 4.69) is 48.6 Å². The van der Waals surface area contributed by atoms with E-state index in [1.807, 2.05) is 0 Å². The highest BCUT2D eigenvalue weighted by atomic mass is 32.2. The predicted octanol–water partition coefficient (Wildman–Crippen LogP) is -0.382. The number of hydrogen-bond acceptors (Lipinski definition) is 18. The van der Waals surface area contributed by atoms with Crippen molar-refractivity contribution in [1.82, 2.24) is 35.5 Å². The Morgan fingerprint density at radius 1 is 1.00 bits per heavy atom. The number of imidazole rings is 1. The van der Waals surface area contributed by atoms with E-state index in [4.69, 9.17) is 10.5 Å². The van der Waals surface area contributed by atoms with Crippen LogP contribution in [0.4, 0.5) is 10.7 Å². The van der Waals surface area contributed by atoms with Gasteiger partial charge in [0.05, 0.1) is 25.0 Å². The largest absolute Gasteiger partial charge is 0.538 e. The molecule has 0 bridgehead atoms. The number of carbonyl (C=O) groups excluding carboxylic acids is 3. The average Bonchev–Trinajstić information content (AvgIpc) is 3.82. The number of aromatic amines is 1. The number of ether oxygens (including phenoxy) is 1. The summed E-state index contributed by atoms with van der Waals surface area (Å²) < 4.78 is 60.0. The summed E-state index contributed by atoms with van der Waals surface area (Å²) in [4.78, 5) is 87.2. The first-order chi connectivity index (χ1) is 25.8. The van der Waals surface area contributed by atoms with Gasteiger partial charge in [-0.25, -0.2) is 23.5 Å². The monoisotopic (exact) mass is 862 g/mol. The molecule has 11 N–H and O–H groups in total. The molecule has 2 aromatic heterocycles. The Labute approximate surface area is 315 Å². The topological polar surface area (TPSA) is 375 Å². The number of nitrogens with two attached hydrogens (primary N) is 1. The number of aliphatic hydroxyl groups is 2. The van der Waals surface area contributed by atoms with Crippen molar-refractivity contribution in [3.05, 3.63) is 16.7 Å². The Bertz CT molecular complexity index is 1940. The molecule has 3 saturated heterocycles. The number of nitrogen functional groups attached to an aromatic ring is 1. The normalized spacial score (nSPS) is 28.1. The fourth-order valence-corrected chi connectivity index (χ4v) is 11.1. The maximum Gasteiger partial charge on any atom is 0.538 e. The van der Waals surface area contributed by atoms with Crippen molar-refractivity contribution < 1.29 is 75.4 Å². The van der Waals surface area contributed by atoms with Crippen molar-refractivity contribution in [3.63, 3.8) is 0 Å². The van der Waals surface area contributed by atoms with Crippen LogP contribution in [-0.4, -0.2) is 117 Å². The van der Waals surface area contributed by atoms with Crippen LogP contribution in [0.2, 0.25) is 0 Å². The number of anilines is 1. The van der Waals surface area contributed by atoms with E-state index in [1.165, 1.54) is 0 Å². The minimum atomic E-state index is -5.95. The van der Waals surface area contributed by atoms with Gasteiger partial charge in [0.1, 0.15) is 18.3 Å². The molecule has 10 atom stereocenters. The molecule has 3 amide bonds. The summed E-state index contributed by atoms with van der Waals surface area (Å²) in [5.41, 5.74) is 4.50. The number of aromatic nitrogens is 4. The SMILES string of the molecule is Nc1nc2c(ncn2[C@@H]2O[C@H](COP(=O)(O)OP(=O)(O)OP(=O)(O)OC(=O)CCCCCNC(=O)CCCCC3SCC4NC(=O)NC43)[C@H](O)C2O)c(=O)[nH]1. The van der Waals surface area contributed by atoms with Crippen molar-refractivity contribution in [2.75, 3.05) is 24.6 Å². The zero-order valence-corrected chi connectivity index (χ0v) is 32.2. The summed E-state index contributed by atoms with van der Waals surface area (Å²) >= 11 is 1.80. The van der Waals surface area contributed by atoms with Crippen LogP contribution < -0.4 is 27.2 Å². The molecule has 3 aliphatic rings. The number of nitrogens with one attached hydrogen (secondary N) is 4. The van der Waals surface area contributed by atoms with Gasteiger partial charge < -0.3 is 50.9 Å². The summed E-state index contributed by atoms with van der Waals surface area (Å²) in [5, 5.41) is 29.8. The van der Waals surface area contributed by atoms with Gasteiger partial charge in [-0.2, -0.15) is 25.4 Å². The van der Waals surface area contributed by atoms with E-state index in [-0.39, 0.29) is 47.6 Å². The molecule has 7 unspecified atom stereocenters. The van der Waals surface area contributed by atoms with E-state index in [1.54, 1.807) is 11.8 Å². The van der Waals surface area contributed by atoms with Crippen molar-refractivity contribution in [3.8, 4) is 0 Å². The summed E-state index contributed by atoms with van der Waals surface area (Å²) in [6.07, 6.45) is -2.28. The molecule has 29 heteroatoms. The minimum absolute atomic E-state index is 0.111. The molecule has 3 aliphatic heterocycles. The molecule has 0 radical (unpaired) electrons. The van der Waals surface area contributed by atoms with E-state index in [0.29, 0.717) is 37.5 Å². The van der Waals surface area contributed by atoms with Crippen LogP contribution in [-0.2, 0) is 45.7 Å². The van der Waals surface area contributed by atoms with E-state index in [0.717, 1.165) is 29.5 Å². The van der Waals surface area contributed by atoms with Crippen molar-refractivity contribution in [2.24, 2.45) is 0 Å². The van der Waals surface area contributed by atoms with E-state index >= 15 is 0 Å². The third-order valence-corrected chi connectivity index (χ3v) is 14.3. The van der Waals surface area contributed by atoms with Gasteiger partial charge in [0.2, 0.25) is 11.9 Å². The Kier molecular flexibility index (Phi) is 14.2. The number of amides is 3. The summed E-state index contributed by atoms with van der Waals surface area (Å²) in [7, 11) is -17.3. The number of aliphatic hydroxyl groups excluding tert-OH is 2. The minimum Gasteiger partial charge on any atom is -0.387 e. The second-order valence-corrected chi connectivity index (χ2v) is 18.5. The number of carbonyl (C=O) groups is 3. The number of hydrogen-bond donors (Lipinski definition) is 10. The molecule has 5 heterocycles. The number of rotatable bonds is 20. The molecule has 0 saturated carbocycles. The van der Waals surface area contributed by atoms with Gasteiger partial charge in [-0.05, 0) is 25.7 Å². The number of thioether (sulfide) groups is 1. The Hall–Kier alpha value is -2.96. The number of phosphoric ester groups is 2. The predicted molar refractivity (Wildman–Crippen MR) is 188 cm³/mol. The zero-order valence-electron chi connectivity index (χ0n) is 28.7. The molecule has 55 heavy (non-hydrogen) atoms. The Balaban J connectivity index is 0.953. The highest BCUT2D eigenvalue weighted by Crippen LogP contribution is 2.67. The maximum atomic E-state index is 12.4. The van der Waals surface area contributed by atoms with Crippen LogP contribution in [0, 0.1) is 0 Å². The Morgan fingerprint density at radius 3 is 2.49 bits per heavy atom. The quantitative estimate of drug-likeness (QED) is 0.0460. The van der Waals surface area contributed by atoms with Crippen LogP contribution >= 0.6 is 35.2 Å². The molecule has 25 nitrogen and oxygen atoms in total. The van der Waals surface area contributed by atoms with E-state index < -0.39 is 72.6 Å². The summed E-state index contributed by atoms with van der Waals surface area (Å²) in [5.74, 6) is -0.888. The first kappa shape index (κ1) is 43.2. The number of unbranched alkanes of at least 4 members (excludes halogenated alkanes) is 3. The molecule has 0 aromatic carbocycles. The molecule has 0 spiro atoms. The van der Waals surface area contributed by atoms with Crippen molar-refractivity contribution in [1.29, 1.82) is 0 Å². The number of H-pyrrole nitrogens is 1. The maximum absolute atomic E-state index is 12.4. The second kappa shape index (κ2) is 18.1. The zero-order chi connectivity index (χ0) is 40.1. The van der Waals surface area contributed by atoms with Crippen LogP contribution in [0.15, 0.2) is 11.1 Å². The average molecular weight is 863 g/mol. The first-order valence-corrected chi connectivity index (χ1v) is 22.3. The fraction of sp³-hybridized carbons (Fsp3) is 0.692. The lowest BCUT2D eigenvalue weighted by Gasteiger charge is -2.20. The molecule has 3 fully saturated rings. The molecular weight excluding hydrogens is 821 g/mol. The summed E-state index contributed by atoms with van der Waals surface area (Å²) in [6, 6.07) is 0.111. The lowest BCUT2D eigenvalue weighted by molar-refractivity contribution is -0.135. The van der Waals surface area contributed by atoms with Gasteiger partial charge in [0, 0.05) is 30.4 Å². The second-order valence-electron chi connectivity index (χ2n) is 12.7. The van der Waals surface area contributed by atoms with Crippen LogP contribution in [0.1, 0.15) is 57.6 Å². The Morgan fingerprint density at radius 2 is 1.73 bits per heavy atom. The first-order valence-electron chi connectivity index (χ1n) is 16.8. The lowest BCUT2D eigenvalue weighted by Crippen LogP contribution is -2.36. The highest BCUT2D eigenvalue weighted by molar-refractivity contribution is 8.00. The molecule has 0 aliphatic carbocycles. The van der Waals surface area contributed by atoms with E-state index in [9.17, 15) is 57.8 Å². The third kappa shape index (κ3) is 11.8. The van der Waals surface area contributed by atoms with Gasteiger partial charge in [0.15, 0.2) is 17.4 Å². The highest BCUT2D eigenvalue weighted by Gasteiger charge is 2.48. The standard InChI is InChI=1S/C26H41N8O17P3S/c27-25-32-22-19(23(39)33-25)29-12-34(22)24-21(38)20(37)14(48-24)10-47-52(41,42)50-54(45,46)51-53(43,44)49-17(36)8-2-1-5-9-28-16(35)7-4-3-6-15-18-13(11-55-15)30-26(40)31-18/h12-15,18,20-21,24,37-38H,1-11H2,(H,28,35)(H,41,42)(H,43,44)(H,45,46)(H2,30,31,40)(H3,27,32,33,39)/t13?,14-,15?,18?,20+,21?,24-/m1/s1. The summed E-state index contributed by atoms with van der Waals surface area (Å²) in [6.45, 7) is -0.754. The van der Waals surface area contributed by atoms with Gasteiger partial charge in [-0.15, -0.1) is 0 Å².